The molecule has 1 saturated heterocycles. The van der Waals surface area contributed by atoms with Gasteiger partial charge in [0.15, 0.2) is 0 Å². The van der Waals surface area contributed by atoms with Gasteiger partial charge in [-0.15, -0.1) is 0 Å². The molecule has 1 aromatic carbocycles. The van der Waals surface area contributed by atoms with E-state index in [1.54, 1.807) is 11.8 Å². The van der Waals surface area contributed by atoms with E-state index in [4.69, 9.17) is 5.73 Å². The molecule has 0 aliphatic carbocycles. The molecule has 6 heteroatoms. The van der Waals surface area contributed by atoms with Crippen molar-refractivity contribution in [2.24, 2.45) is 0 Å². The fraction of sp³-hybridized carbons (Fsp3) is 0.333. The van der Waals surface area contributed by atoms with Crippen molar-refractivity contribution in [1.29, 1.82) is 0 Å². The van der Waals surface area contributed by atoms with Crippen LogP contribution in [0, 0.1) is 0 Å². The van der Waals surface area contributed by atoms with Gasteiger partial charge in [0.2, 0.25) is 5.95 Å². The molecule has 110 valence electrons. The Morgan fingerprint density at radius 1 is 1.05 bits per heavy atom. The number of nitrogen functional groups attached to an aromatic ring is 1. The Hall–Kier alpha value is -1.79. The molecule has 0 atom stereocenters. The maximum atomic E-state index is 5.87. The first-order valence-electron chi connectivity index (χ1n) is 7.02. The third-order valence-corrected chi connectivity index (χ3v) is 4.43. The van der Waals surface area contributed by atoms with Gasteiger partial charge in [-0.2, -0.15) is 4.98 Å². The lowest BCUT2D eigenvalue weighted by atomic mass is 10.3. The molecule has 0 spiro atoms. The van der Waals surface area contributed by atoms with E-state index >= 15 is 0 Å². The lowest BCUT2D eigenvalue weighted by Gasteiger charge is -2.33. The van der Waals surface area contributed by atoms with Crippen LogP contribution in [0.3, 0.4) is 0 Å². The van der Waals surface area contributed by atoms with E-state index in [0.717, 1.165) is 41.9 Å². The van der Waals surface area contributed by atoms with Gasteiger partial charge in [-0.05, 0) is 19.2 Å². The molecule has 0 radical (unpaired) electrons. The van der Waals surface area contributed by atoms with Crippen molar-refractivity contribution in [2.75, 3.05) is 43.9 Å². The molecule has 5 nitrogen and oxygen atoms in total. The monoisotopic (exact) mass is 301 g/mol. The Bertz CT molecular complexity index is 596. The minimum atomic E-state index is 0.338. The van der Waals surface area contributed by atoms with Crippen molar-refractivity contribution in [3.8, 4) is 0 Å². The fourth-order valence-corrected chi connectivity index (χ4v) is 3.13. The van der Waals surface area contributed by atoms with Crippen LogP contribution in [0.25, 0.3) is 0 Å². The van der Waals surface area contributed by atoms with Crippen LogP contribution in [0.4, 0.5) is 11.8 Å². The molecule has 1 aliphatic rings. The topological polar surface area (TPSA) is 58.3 Å². The van der Waals surface area contributed by atoms with Gasteiger partial charge in [0.25, 0.3) is 0 Å². The van der Waals surface area contributed by atoms with Crippen LogP contribution >= 0.6 is 11.8 Å². The number of hydrogen-bond acceptors (Lipinski definition) is 6. The van der Waals surface area contributed by atoms with Crippen molar-refractivity contribution in [3.63, 3.8) is 0 Å². The summed E-state index contributed by atoms with van der Waals surface area (Å²) >= 11 is 1.61. The smallest absolute Gasteiger partial charge is 0.223 e. The van der Waals surface area contributed by atoms with Crippen molar-refractivity contribution in [3.05, 3.63) is 36.4 Å². The van der Waals surface area contributed by atoms with Crippen molar-refractivity contribution in [1.82, 2.24) is 14.9 Å². The summed E-state index contributed by atoms with van der Waals surface area (Å²) in [5.74, 6) is 1.26. The molecule has 1 aliphatic heterocycles. The highest BCUT2D eigenvalue weighted by Crippen LogP contribution is 2.28. The number of aromatic nitrogens is 2. The molecule has 21 heavy (non-hydrogen) atoms. The summed E-state index contributed by atoms with van der Waals surface area (Å²) in [4.78, 5) is 14.5. The number of rotatable bonds is 3. The second-order valence-corrected chi connectivity index (χ2v) is 6.22. The lowest BCUT2D eigenvalue weighted by molar-refractivity contribution is 0.312. The van der Waals surface area contributed by atoms with Crippen LogP contribution in [0.1, 0.15) is 0 Å². The zero-order valence-corrected chi connectivity index (χ0v) is 12.9. The first-order chi connectivity index (χ1) is 10.2. The Balaban J connectivity index is 1.79. The molecule has 1 fully saturated rings. The van der Waals surface area contributed by atoms with Gasteiger partial charge in [-0.3, -0.25) is 0 Å². The second kappa shape index (κ2) is 6.32. The van der Waals surface area contributed by atoms with Gasteiger partial charge in [0, 0.05) is 37.1 Å². The van der Waals surface area contributed by atoms with Gasteiger partial charge in [-0.25, -0.2) is 4.98 Å². The minimum absolute atomic E-state index is 0.338. The van der Waals surface area contributed by atoms with E-state index in [1.165, 1.54) is 0 Å². The fourth-order valence-electron chi connectivity index (χ4n) is 2.29. The Kier molecular flexibility index (Phi) is 4.26. The highest BCUT2D eigenvalue weighted by molar-refractivity contribution is 7.99. The molecule has 0 unspecified atom stereocenters. The van der Waals surface area contributed by atoms with Gasteiger partial charge < -0.3 is 15.5 Å². The van der Waals surface area contributed by atoms with Gasteiger partial charge in [0.05, 0.1) is 0 Å². The largest absolute Gasteiger partial charge is 0.368 e. The van der Waals surface area contributed by atoms with Crippen LogP contribution in [0.2, 0.25) is 0 Å². The van der Waals surface area contributed by atoms with E-state index < -0.39 is 0 Å². The van der Waals surface area contributed by atoms with Crippen LogP contribution in [0.15, 0.2) is 46.3 Å². The Morgan fingerprint density at radius 3 is 2.48 bits per heavy atom. The molecule has 2 N–H and O–H groups in total. The van der Waals surface area contributed by atoms with E-state index in [2.05, 4.69) is 38.9 Å². The summed E-state index contributed by atoms with van der Waals surface area (Å²) in [6.45, 7) is 4.04. The van der Waals surface area contributed by atoms with Gasteiger partial charge in [-0.1, -0.05) is 30.0 Å². The number of piperazine rings is 1. The van der Waals surface area contributed by atoms with Crippen LogP contribution in [0.5, 0.6) is 0 Å². The number of anilines is 2. The van der Waals surface area contributed by atoms with Crippen LogP contribution in [-0.4, -0.2) is 48.1 Å². The summed E-state index contributed by atoms with van der Waals surface area (Å²) in [7, 11) is 2.14. The van der Waals surface area contributed by atoms with Gasteiger partial charge >= 0.3 is 0 Å². The summed E-state index contributed by atoms with van der Waals surface area (Å²) < 4.78 is 0. The summed E-state index contributed by atoms with van der Waals surface area (Å²) in [6.07, 6.45) is 0. The van der Waals surface area contributed by atoms with Crippen molar-refractivity contribution in [2.45, 2.75) is 9.92 Å². The maximum Gasteiger partial charge on any atom is 0.223 e. The molecule has 0 amide bonds. The second-order valence-electron chi connectivity index (χ2n) is 5.13. The van der Waals surface area contributed by atoms with Crippen molar-refractivity contribution < 1.29 is 0 Å². The average Bonchev–Trinajstić information content (AvgIpc) is 2.48. The first kappa shape index (κ1) is 14.2. The Morgan fingerprint density at radius 2 is 1.76 bits per heavy atom. The van der Waals surface area contributed by atoms with Gasteiger partial charge in [0.1, 0.15) is 10.8 Å². The van der Waals surface area contributed by atoms with Crippen LogP contribution in [-0.2, 0) is 0 Å². The standard InChI is InChI=1S/C15H19N5S/c1-19-7-9-20(10-8-19)13-11-14(18-15(16)17-13)21-12-5-3-2-4-6-12/h2-6,11H,7-10H2,1H3,(H2,16,17,18). The molecule has 0 bridgehead atoms. The highest BCUT2D eigenvalue weighted by Gasteiger charge is 2.16. The highest BCUT2D eigenvalue weighted by atomic mass is 32.2. The zero-order chi connectivity index (χ0) is 14.7. The number of likely N-dealkylation sites (N-methyl/N-ethyl adjacent to an activating group) is 1. The van der Waals surface area contributed by atoms with Crippen molar-refractivity contribution >= 4 is 23.5 Å². The average molecular weight is 301 g/mol. The van der Waals surface area contributed by atoms with E-state index in [1.807, 2.05) is 24.3 Å². The van der Waals surface area contributed by atoms with E-state index in [9.17, 15) is 0 Å². The third kappa shape index (κ3) is 3.65. The Labute approximate surface area is 129 Å². The predicted octanol–water partition coefficient (Wildman–Crippen LogP) is 1.96. The third-order valence-electron chi connectivity index (χ3n) is 3.50. The van der Waals surface area contributed by atoms with Crippen LogP contribution < -0.4 is 10.6 Å². The maximum absolute atomic E-state index is 5.87. The predicted molar refractivity (Wildman–Crippen MR) is 86.7 cm³/mol. The SMILES string of the molecule is CN1CCN(c2cc(Sc3ccccc3)nc(N)n2)CC1. The number of nitrogens with two attached hydrogens (primary N) is 1. The lowest BCUT2D eigenvalue weighted by Crippen LogP contribution is -2.44. The molecule has 3 rings (SSSR count). The molecule has 2 heterocycles. The summed E-state index contributed by atoms with van der Waals surface area (Å²) in [5.41, 5.74) is 5.87. The zero-order valence-electron chi connectivity index (χ0n) is 12.1. The molecule has 0 saturated carbocycles. The molecule has 1 aromatic heterocycles. The molecular weight excluding hydrogens is 282 g/mol. The number of nitrogens with zero attached hydrogens (tertiary/aromatic N) is 4. The summed E-state index contributed by atoms with van der Waals surface area (Å²) in [5, 5.41) is 0.891. The first-order valence-corrected chi connectivity index (χ1v) is 7.83. The van der Waals surface area contributed by atoms with E-state index in [0.29, 0.717) is 5.95 Å². The molecular formula is C15H19N5S. The summed E-state index contributed by atoms with van der Waals surface area (Å²) in [6, 6.07) is 12.2. The number of benzene rings is 1. The van der Waals surface area contributed by atoms with E-state index in [-0.39, 0.29) is 0 Å². The molecule has 2 aromatic rings. The normalized spacial score (nSPS) is 16.1. The quantitative estimate of drug-likeness (QED) is 0.875. The minimum Gasteiger partial charge on any atom is -0.368 e. The number of hydrogen-bond donors (Lipinski definition) is 1.